The topological polar surface area (TPSA) is 68.9 Å². The molecule has 0 saturated heterocycles. The number of rotatable bonds is 8. The number of halogens is 3. The molecule has 0 aliphatic carbocycles. The Morgan fingerprint density at radius 2 is 1.69 bits per heavy atom. The Hall–Kier alpha value is -2.10. The molecule has 0 fully saturated rings. The van der Waals surface area contributed by atoms with Gasteiger partial charge in [0.05, 0.1) is 13.7 Å². The highest BCUT2D eigenvalue weighted by atomic mass is 127. The summed E-state index contributed by atoms with van der Waals surface area (Å²) in [7, 11) is 1.60. The fourth-order valence-corrected chi connectivity index (χ4v) is 2.31. The van der Waals surface area contributed by atoms with Gasteiger partial charge < -0.3 is 20.5 Å². The molecule has 0 saturated carbocycles. The predicted octanol–water partition coefficient (Wildman–Crippen LogP) is 3.56. The Labute approximate surface area is 168 Å². The molecule has 2 aromatic rings. The van der Waals surface area contributed by atoms with Gasteiger partial charge in [0.2, 0.25) is 0 Å². The molecule has 8 heteroatoms. The van der Waals surface area contributed by atoms with Crippen LogP contribution >= 0.6 is 24.0 Å². The molecular formula is C18H22F2IN3O2. The number of aliphatic imine (C=N–C) groups is 1. The molecular weight excluding hydrogens is 455 g/mol. The summed E-state index contributed by atoms with van der Waals surface area (Å²) in [5.74, 6) is 1.19. The highest BCUT2D eigenvalue weighted by molar-refractivity contribution is 14.0. The number of benzene rings is 2. The smallest absolute Gasteiger partial charge is 0.387 e. The Kier molecular flexibility index (Phi) is 9.71. The van der Waals surface area contributed by atoms with Crippen LogP contribution in [-0.4, -0.2) is 26.2 Å². The zero-order chi connectivity index (χ0) is 18.1. The molecule has 142 valence electrons. The van der Waals surface area contributed by atoms with Crippen LogP contribution in [0.2, 0.25) is 0 Å². The SMILES string of the molecule is COc1ccccc1CN=C(N)NCCc1ccccc1OC(F)F.I. The van der Waals surface area contributed by atoms with Gasteiger partial charge in [0.1, 0.15) is 11.5 Å². The van der Waals surface area contributed by atoms with Crippen molar-refractivity contribution in [3.8, 4) is 11.5 Å². The first-order valence-electron chi connectivity index (χ1n) is 7.78. The molecule has 5 nitrogen and oxygen atoms in total. The normalized spacial score (nSPS) is 11.0. The number of nitrogens with two attached hydrogens (primary N) is 1. The van der Waals surface area contributed by atoms with E-state index in [4.69, 9.17) is 10.5 Å². The lowest BCUT2D eigenvalue weighted by molar-refractivity contribution is -0.0504. The third-order valence-corrected chi connectivity index (χ3v) is 3.50. The van der Waals surface area contributed by atoms with Crippen molar-refractivity contribution in [3.63, 3.8) is 0 Å². The van der Waals surface area contributed by atoms with Gasteiger partial charge in [-0.25, -0.2) is 4.99 Å². The summed E-state index contributed by atoms with van der Waals surface area (Å²) in [6.45, 7) is -2.01. The van der Waals surface area contributed by atoms with E-state index in [1.807, 2.05) is 24.3 Å². The maximum atomic E-state index is 12.4. The van der Waals surface area contributed by atoms with Gasteiger partial charge in [-0.05, 0) is 24.1 Å². The average Bonchev–Trinajstić information content (AvgIpc) is 2.61. The minimum atomic E-state index is -2.85. The Balaban J connectivity index is 0.00000338. The molecule has 3 N–H and O–H groups in total. The number of para-hydroxylation sites is 2. The minimum absolute atomic E-state index is 0. The van der Waals surface area contributed by atoms with Crippen LogP contribution in [0.15, 0.2) is 53.5 Å². The summed E-state index contributed by atoms with van der Waals surface area (Å²) in [5.41, 5.74) is 7.44. The van der Waals surface area contributed by atoms with E-state index < -0.39 is 6.61 Å². The molecule has 0 spiro atoms. The van der Waals surface area contributed by atoms with E-state index in [1.54, 1.807) is 25.3 Å². The fourth-order valence-electron chi connectivity index (χ4n) is 2.31. The van der Waals surface area contributed by atoms with Crippen LogP contribution in [0, 0.1) is 0 Å². The van der Waals surface area contributed by atoms with Crippen LogP contribution in [0.25, 0.3) is 0 Å². The molecule has 0 aliphatic heterocycles. The van der Waals surface area contributed by atoms with Crippen molar-refractivity contribution >= 4 is 29.9 Å². The number of methoxy groups -OCH3 is 1. The largest absolute Gasteiger partial charge is 0.496 e. The van der Waals surface area contributed by atoms with E-state index >= 15 is 0 Å². The van der Waals surface area contributed by atoms with Gasteiger partial charge in [-0.3, -0.25) is 0 Å². The fraction of sp³-hybridized carbons (Fsp3) is 0.278. The molecule has 0 amide bonds. The standard InChI is InChI=1S/C18H21F2N3O2.HI/c1-24-15-8-4-3-7-14(15)12-23-18(21)22-11-10-13-6-2-5-9-16(13)25-17(19)20;/h2-9,17H,10-12H2,1H3,(H3,21,22,23);1H. The molecule has 0 aliphatic rings. The van der Waals surface area contributed by atoms with Gasteiger partial charge in [-0.2, -0.15) is 8.78 Å². The van der Waals surface area contributed by atoms with E-state index in [9.17, 15) is 8.78 Å². The van der Waals surface area contributed by atoms with Crippen LogP contribution in [0.4, 0.5) is 8.78 Å². The average molecular weight is 477 g/mol. The van der Waals surface area contributed by atoms with Crippen molar-refractivity contribution in [3.05, 3.63) is 59.7 Å². The molecule has 26 heavy (non-hydrogen) atoms. The zero-order valence-corrected chi connectivity index (χ0v) is 16.7. The van der Waals surface area contributed by atoms with Gasteiger partial charge in [0.25, 0.3) is 0 Å². The van der Waals surface area contributed by atoms with Crippen molar-refractivity contribution in [2.45, 2.75) is 19.6 Å². The first kappa shape index (κ1) is 21.9. The van der Waals surface area contributed by atoms with E-state index in [-0.39, 0.29) is 35.7 Å². The maximum absolute atomic E-state index is 12.4. The van der Waals surface area contributed by atoms with E-state index in [0.29, 0.717) is 25.1 Å². The van der Waals surface area contributed by atoms with Gasteiger partial charge >= 0.3 is 6.61 Å². The van der Waals surface area contributed by atoms with Crippen molar-refractivity contribution in [2.24, 2.45) is 10.7 Å². The summed E-state index contributed by atoms with van der Waals surface area (Å²) in [5, 5.41) is 2.96. The summed E-state index contributed by atoms with van der Waals surface area (Å²) < 4.78 is 34.5. The molecule has 2 rings (SSSR count). The second-order valence-corrected chi connectivity index (χ2v) is 5.18. The molecule has 0 atom stereocenters. The molecule has 0 unspecified atom stereocenters. The lowest BCUT2D eigenvalue weighted by atomic mass is 10.1. The van der Waals surface area contributed by atoms with Gasteiger partial charge in [0, 0.05) is 12.1 Å². The number of alkyl halides is 2. The van der Waals surface area contributed by atoms with Crippen LogP contribution in [-0.2, 0) is 13.0 Å². The monoisotopic (exact) mass is 477 g/mol. The van der Waals surface area contributed by atoms with Gasteiger partial charge in [-0.15, -0.1) is 24.0 Å². The number of ether oxygens (including phenoxy) is 2. The number of nitrogens with zero attached hydrogens (tertiary/aromatic N) is 1. The van der Waals surface area contributed by atoms with Gasteiger partial charge in [0.15, 0.2) is 5.96 Å². The molecule has 0 aromatic heterocycles. The molecule has 0 bridgehead atoms. The van der Waals surface area contributed by atoms with Crippen LogP contribution < -0.4 is 20.5 Å². The lowest BCUT2D eigenvalue weighted by Gasteiger charge is -2.11. The number of guanidine groups is 1. The first-order chi connectivity index (χ1) is 12.1. The van der Waals surface area contributed by atoms with Crippen molar-refractivity contribution in [1.29, 1.82) is 0 Å². The lowest BCUT2D eigenvalue weighted by Crippen LogP contribution is -2.33. The van der Waals surface area contributed by atoms with Crippen LogP contribution in [0.1, 0.15) is 11.1 Å². The Morgan fingerprint density at radius 3 is 2.35 bits per heavy atom. The van der Waals surface area contributed by atoms with Crippen LogP contribution in [0.5, 0.6) is 11.5 Å². The minimum Gasteiger partial charge on any atom is -0.496 e. The first-order valence-corrected chi connectivity index (χ1v) is 7.78. The predicted molar refractivity (Wildman–Crippen MR) is 109 cm³/mol. The van der Waals surface area contributed by atoms with E-state index in [2.05, 4.69) is 15.0 Å². The maximum Gasteiger partial charge on any atom is 0.387 e. The summed E-state index contributed by atoms with van der Waals surface area (Å²) in [6.07, 6.45) is 0.480. The van der Waals surface area contributed by atoms with Crippen molar-refractivity contribution in [2.75, 3.05) is 13.7 Å². The van der Waals surface area contributed by atoms with E-state index in [1.165, 1.54) is 6.07 Å². The summed E-state index contributed by atoms with van der Waals surface area (Å²) in [4.78, 5) is 4.26. The summed E-state index contributed by atoms with van der Waals surface area (Å²) >= 11 is 0. The third-order valence-electron chi connectivity index (χ3n) is 3.50. The number of hydrogen-bond acceptors (Lipinski definition) is 3. The van der Waals surface area contributed by atoms with Crippen molar-refractivity contribution in [1.82, 2.24) is 5.32 Å². The Bertz CT molecular complexity index is 714. The quantitative estimate of drug-likeness (QED) is 0.347. The summed E-state index contributed by atoms with van der Waals surface area (Å²) in [6, 6.07) is 14.2. The van der Waals surface area contributed by atoms with Crippen molar-refractivity contribution < 1.29 is 18.3 Å². The second-order valence-electron chi connectivity index (χ2n) is 5.18. The molecule has 2 aromatic carbocycles. The number of nitrogens with one attached hydrogen (secondary N) is 1. The van der Waals surface area contributed by atoms with Crippen LogP contribution in [0.3, 0.4) is 0 Å². The highest BCUT2D eigenvalue weighted by Crippen LogP contribution is 2.20. The Morgan fingerprint density at radius 1 is 1.08 bits per heavy atom. The number of hydrogen-bond donors (Lipinski definition) is 2. The highest BCUT2D eigenvalue weighted by Gasteiger charge is 2.08. The molecule has 0 radical (unpaired) electrons. The van der Waals surface area contributed by atoms with Gasteiger partial charge in [-0.1, -0.05) is 36.4 Å². The zero-order valence-electron chi connectivity index (χ0n) is 14.3. The molecule has 0 heterocycles. The van der Waals surface area contributed by atoms with E-state index in [0.717, 1.165) is 11.3 Å². The second kappa shape index (κ2) is 11.5. The third kappa shape index (κ3) is 7.03.